The molecule has 0 saturated heterocycles. The number of fused-ring (bicyclic) bond motifs is 2. The van der Waals surface area contributed by atoms with Crippen molar-refractivity contribution in [2.24, 2.45) is 0 Å². The maximum atomic E-state index is 15.6. The first kappa shape index (κ1) is 23.9. The number of ether oxygens (including phenoxy) is 1. The minimum atomic E-state index is -1.59. The Hall–Kier alpha value is -4.20. The van der Waals surface area contributed by atoms with Crippen molar-refractivity contribution in [2.75, 3.05) is 7.11 Å². The molecule has 178 valence electrons. The standard InChI is InChI=1S/C25H16F3N3O2.C2H6/c1-33-25(32)18-6-4-14(10-19(18)26)17-11-20(27)24-30-12-22(31(24)13-17)23(28)16-5-7-21-15(9-16)3-2-8-29-21;1-2/h2-13,23H,1H3;1-2H3. The number of aromatic nitrogens is 3. The van der Waals surface area contributed by atoms with Gasteiger partial charge in [0.15, 0.2) is 17.6 Å². The number of imidazole rings is 1. The molecule has 0 bridgehead atoms. The van der Waals surface area contributed by atoms with Crippen molar-refractivity contribution < 1.29 is 22.7 Å². The molecule has 3 heterocycles. The number of hydrogen-bond donors (Lipinski definition) is 0. The topological polar surface area (TPSA) is 56.5 Å². The molecule has 0 aliphatic carbocycles. The first-order valence-corrected chi connectivity index (χ1v) is 11.0. The molecule has 0 saturated carbocycles. The molecule has 1 unspecified atom stereocenters. The number of carbonyl (C=O) groups is 1. The molecule has 0 aliphatic heterocycles. The molecule has 5 aromatic rings. The van der Waals surface area contributed by atoms with E-state index < -0.39 is 23.8 Å². The zero-order valence-electron chi connectivity index (χ0n) is 19.3. The number of nitrogens with zero attached hydrogens (tertiary/aromatic N) is 3. The van der Waals surface area contributed by atoms with Gasteiger partial charge in [-0.25, -0.2) is 22.9 Å². The maximum absolute atomic E-state index is 15.6. The molecule has 0 radical (unpaired) electrons. The molecular formula is C27H22F3N3O2. The van der Waals surface area contributed by atoms with Gasteiger partial charge in [0.2, 0.25) is 0 Å². The fourth-order valence-corrected chi connectivity index (χ4v) is 3.80. The van der Waals surface area contributed by atoms with E-state index >= 15 is 4.39 Å². The Bertz CT molecular complexity index is 1530. The molecule has 8 heteroatoms. The number of hydrogen-bond acceptors (Lipinski definition) is 4. The number of alkyl halides is 1. The summed E-state index contributed by atoms with van der Waals surface area (Å²) in [5, 5.41) is 0.777. The number of carbonyl (C=O) groups excluding carboxylic acids is 1. The fraction of sp³-hybridized carbons (Fsp3) is 0.148. The summed E-state index contributed by atoms with van der Waals surface area (Å²) in [6, 6.07) is 13.6. The Morgan fingerprint density at radius 3 is 2.49 bits per heavy atom. The average molecular weight is 477 g/mol. The van der Waals surface area contributed by atoms with Crippen molar-refractivity contribution in [1.82, 2.24) is 14.4 Å². The highest BCUT2D eigenvalue weighted by molar-refractivity contribution is 5.90. The fourth-order valence-electron chi connectivity index (χ4n) is 3.80. The van der Waals surface area contributed by atoms with E-state index in [9.17, 15) is 13.6 Å². The van der Waals surface area contributed by atoms with Gasteiger partial charge in [-0.1, -0.05) is 32.0 Å². The molecule has 35 heavy (non-hydrogen) atoms. The third-order valence-corrected chi connectivity index (χ3v) is 5.48. The highest BCUT2D eigenvalue weighted by atomic mass is 19.1. The smallest absolute Gasteiger partial charge is 0.340 e. The second-order valence-corrected chi connectivity index (χ2v) is 7.46. The van der Waals surface area contributed by atoms with Crippen molar-refractivity contribution >= 4 is 22.5 Å². The van der Waals surface area contributed by atoms with E-state index in [0.29, 0.717) is 16.7 Å². The van der Waals surface area contributed by atoms with Gasteiger partial charge in [-0.2, -0.15) is 0 Å². The Morgan fingerprint density at radius 2 is 1.74 bits per heavy atom. The van der Waals surface area contributed by atoms with E-state index in [1.807, 2.05) is 19.9 Å². The summed E-state index contributed by atoms with van der Waals surface area (Å²) in [4.78, 5) is 19.9. The lowest BCUT2D eigenvalue weighted by Gasteiger charge is -2.12. The van der Waals surface area contributed by atoms with Crippen LogP contribution >= 0.6 is 0 Å². The third-order valence-electron chi connectivity index (χ3n) is 5.48. The van der Waals surface area contributed by atoms with Crippen LogP contribution in [0, 0.1) is 11.6 Å². The molecule has 0 spiro atoms. The van der Waals surface area contributed by atoms with E-state index in [2.05, 4.69) is 14.7 Å². The van der Waals surface area contributed by atoms with Crippen LogP contribution < -0.4 is 0 Å². The molecule has 5 rings (SSSR count). The van der Waals surface area contributed by atoms with Crippen molar-refractivity contribution in [3.8, 4) is 11.1 Å². The van der Waals surface area contributed by atoms with Gasteiger partial charge in [-0.05, 0) is 47.5 Å². The summed E-state index contributed by atoms with van der Waals surface area (Å²) < 4.78 is 50.6. The zero-order valence-corrected chi connectivity index (χ0v) is 19.3. The molecule has 2 aromatic carbocycles. The van der Waals surface area contributed by atoms with E-state index in [-0.39, 0.29) is 16.9 Å². The Labute approximate surface area is 199 Å². The lowest BCUT2D eigenvalue weighted by molar-refractivity contribution is 0.0595. The lowest BCUT2D eigenvalue weighted by Crippen LogP contribution is -2.04. The number of methoxy groups -OCH3 is 1. The van der Waals surface area contributed by atoms with Gasteiger partial charge in [0, 0.05) is 23.3 Å². The van der Waals surface area contributed by atoms with Gasteiger partial charge in [0.25, 0.3) is 0 Å². The first-order chi connectivity index (χ1) is 17.0. The molecule has 3 aromatic heterocycles. The van der Waals surface area contributed by atoms with Crippen LogP contribution in [0.1, 0.15) is 41.6 Å². The summed E-state index contributed by atoms with van der Waals surface area (Å²) in [5.41, 5.74) is 1.55. The van der Waals surface area contributed by atoms with Crippen LogP contribution in [-0.4, -0.2) is 27.4 Å². The molecule has 0 fully saturated rings. The predicted molar refractivity (Wildman–Crippen MR) is 128 cm³/mol. The van der Waals surface area contributed by atoms with E-state index in [0.717, 1.165) is 24.1 Å². The van der Waals surface area contributed by atoms with Crippen LogP contribution in [0.4, 0.5) is 13.2 Å². The van der Waals surface area contributed by atoms with Crippen molar-refractivity contribution in [2.45, 2.75) is 20.0 Å². The van der Waals surface area contributed by atoms with E-state index in [1.165, 1.54) is 35.0 Å². The molecular weight excluding hydrogens is 455 g/mol. The second kappa shape index (κ2) is 9.97. The molecule has 0 N–H and O–H groups in total. The maximum Gasteiger partial charge on any atom is 0.340 e. The average Bonchev–Trinajstić information content (AvgIpc) is 3.33. The van der Waals surface area contributed by atoms with Gasteiger partial charge in [0.1, 0.15) is 5.82 Å². The SMILES string of the molecule is CC.COC(=O)c1ccc(-c2cc(F)c3ncc(C(F)c4ccc5ncccc5c4)n3c2)cc1F. The summed E-state index contributed by atoms with van der Waals surface area (Å²) >= 11 is 0. The van der Waals surface area contributed by atoms with Crippen LogP contribution in [0.25, 0.3) is 27.7 Å². The van der Waals surface area contributed by atoms with Crippen LogP contribution in [0.5, 0.6) is 0 Å². The monoisotopic (exact) mass is 477 g/mol. The summed E-state index contributed by atoms with van der Waals surface area (Å²) in [7, 11) is 1.15. The Balaban J connectivity index is 0.00000141. The quantitative estimate of drug-likeness (QED) is 0.270. The molecule has 0 aliphatic rings. The van der Waals surface area contributed by atoms with Crippen molar-refractivity contribution in [3.63, 3.8) is 0 Å². The van der Waals surface area contributed by atoms with Crippen LogP contribution in [0.2, 0.25) is 0 Å². The minimum Gasteiger partial charge on any atom is -0.465 e. The van der Waals surface area contributed by atoms with Gasteiger partial charge >= 0.3 is 5.97 Å². The minimum absolute atomic E-state index is 0.0505. The molecule has 5 nitrogen and oxygen atoms in total. The lowest BCUT2D eigenvalue weighted by atomic mass is 10.0. The second-order valence-electron chi connectivity index (χ2n) is 7.46. The normalized spacial score (nSPS) is 11.7. The predicted octanol–water partition coefficient (Wildman–Crippen LogP) is 6.70. The zero-order chi connectivity index (χ0) is 25.1. The van der Waals surface area contributed by atoms with Crippen LogP contribution in [0.3, 0.4) is 0 Å². The van der Waals surface area contributed by atoms with Gasteiger partial charge < -0.3 is 4.74 Å². The largest absolute Gasteiger partial charge is 0.465 e. The number of halogens is 3. The molecule has 1 atom stereocenters. The Morgan fingerprint density at radius 1 is 0.971 bits per heavy atom. The van der Waals surface area contributed by atoms with Crippen molar-refractivity contribution in [3.05, 3.63) is 102 Å². The Kier molecular flexibility index (Phi) is 6.82. The highest BCUT2D eigenvalue weighted by Crippen LogP contribution is 2.31. The number of esters is 1. The number of pyridine rings is 2. The van der Waals surface area contributed by atoms with Crippen LogP contribution in [-0.2, 0) is 4.74 Å². The summed E-state index contributed by atoms with van der Waals surface area (Å²) in [5.74, 6) is -2.31. The van der Waals surface area contributed by atoms with Gasteiger partial charge in [-0.15, -0.1) is 0 Å². The first-order valence-electron chi connectivity index (χ1n) is 11.0. The summed E-state index contributed by atoms with van der Waals surface area (Å²) in [6.45, 7) is 4.00. The molecule has 0 amide bonds. The summed E-state index contributed by atoms with van der Waals surface area (Å²) in [6.07, 6.45) is 2.84. The number of benzene rings is 2. The third kappa shape index (κ3) is 4.47. The van der Waals surface area contributed by atoms with Gasteiger partial charge in [0.05, 0.1) is 30.1 Å². The van der Waals surface area contributed by atoms with Crippen LogP contribution in [0.15, 0.2) is 73.2 Å². The van der Waals surface area contributed by atoms with E-state index in [4.69, 9.17) is 0 Å². The van der Waals surface area contributed by atoms with Gasteiger partial charge in [-0.3, -0.25) is 9.38 Å². The van der Waals surface area contributed by atoms with Crippen molar-refractivity contribution in [1.29, 1.82) is 0 Å². The van der Waals surface area contributed by atoms with E-state index in [1.54, 1.807) is 30.5 Å². The highest BCUT2D eigenvalue weighted by Gasteiger charge is 2.21. The number of rotatable bonds is 4.